The summed E-state index contributed by atoms with van der Waals surface area (Å²) in [5, 5.41) is 0. The lowest BCUT2D eigenvalue weighted by Crippen LogP contribution is -2.33. The van der Waals surface area contributed by atoms with Gasteiger partial charge in [-0.2, -0.15) is 4.31 Å². The van der Waals surface area contributed by atoms with Crippen LogP contribution in [0.1, 0.15) is 49.9 Å². The van der Waals surface area contributed by atoms with Gasteiger partial charge < -0.3 is 4.90 Å². The van der Waals surface area contributed by atoms with Crippen LogP contribution in [0, 0.1) is 5.92 Å². The summed E-state index contributed by atoms with van der Waals surface area (Å²) in [5.74, 6) is 0.222. The molecule has 0 bridgehead atoms. The second-order valence-electron chi connectivity index (χ2n) is 6.93. The normalized spacial score (nSPS) is 16.8. The van der Waals surface area contributed by atoms with Crippen LogP contribution in [0.15, 0.2) is 29.2 Å². The van der Waals surface area contributed by atoms with E-state index in [0.717, 1.165) is 25.7 Å². The van der Waals surface area contributed by atoms with Crippen LogP contribution in [0.4, 0.5) is 0 Å². The number of hydrogen-bond acceptors (Lipinski definition) is 3. The molecule has 0 unspecified atom stereocenters. The first-order chi connectivity index (χ1) is 11.3. The molecule has 0 N–H and O–H groups in total. The average molecular weight is 353 g/mol. The predicted molar refractivity (Wildman–Crippen MR) is 95.5 cm³/mol. The highest BCUT2D eigenvalue weighted by Crippen LogP contribution is 2.21. The largest absolute Gasteiger partial charge is 0.341 e. The van der Waals surface area contributed by atoms with Crippen molar-refractivity contribution in [2.75, 3.05) is 26.7 Å². The van der Waals surface area contributed by atoms with Gasteiger partial charge in [-0.3, -0.25) is 4.79 Å². The van der Waals surface area contributed by atoms with Crippen molar-refractivity contribution in [1.29, 1.82) is 0 Å². The zero-order valence-electron chi connectivity index (χ0n) is 14.9. The van der Waals surface area contributed by atoms with Crippen LogP contribution < -0.4 is 0 Å². The Morgan fingerprint density at radius 3 is 2.38 bits per heavy atom. The predicted octanol–water partition coefficient (Wildman–Crippen LogP) is 2.98. The Kier molecular flexibility index (Phi) is 6.40. The first-order valence-electron chi connectivity index (χ1n) is 8.68. The molecule has 5 nitrogen and oxygen atoms in total. The Labute approximate surface area is 145 Å². The van der Waals surface area contributed by atoms with Crippen LogP contribution in [0.5, 0.6) is 0 Å². The highest BCUT2D eigenvalue weighted by Gasteiger charge is 2.26. The molecule has 0 spiro atoms. The molecule has 1 amide bonds. The molecule has 1 aliphatic rings. The summed E-state index contributed by atoms with van der Waals surface area (Å²) in [4.78, 5) is 14.4. The van der Waals surface area contributed by atoms with Crippen molar-refractivity contribution in [1.82, 2.24) is 9.21 Å². The highest BCUT2D eigenvalue weighted by molar-refractivity contribution is 7.89. The Hall–Kier alpha value is -1.40. The van der Waals surface area contributed by atoms with Gasteiger partial charge in [0.2, 0.25) is 10.0 Å². The van der Waals surface area contributed by atoms with Gasteiger partial charge in [0.1, 0.15) is 0 Å². The maximum Gasteiger partial charge on any atom is 0.253 e. The fourth-order valence-corrected chi connectivity index (χ4v) is 4.64. The van der Waals surface area contributed by atoms with E-state index in [1.807, 2.05) is 13.8 Å². The van der Waals surface area contributed by atoms with E-state index in [1.54, 1.807) is 34.5 Å². The molecule has 0 aliphatic carbocycles. The average Bonchev–Trinajstić information content (AvgIpc) is 2.83. The van der Waals surface area contributed by atoms with Gasteiger partial charge >= 0.3 is 0 Å². The summed E-state index contributed by atoms with van der Waals surface area (Å²) in [7, 11) is -1.78. The standard InChI is InChI=1S/C18H28N2O3S/c1-15(2)14-19(3)18(21)16-9-8-10-17(13-16)24(22,23)20-11-6-4-5-7-12-20/h8-10,13,15H,4-7,11-12,14H2,1-3H3. The van der Waals surface area contributed by atoms with E-state index in [1.165, 1.54) is 6.07 Å². The van der Waals surface area contributed by atoms with E-state index in [2.05, 4.69) is 0 Å². The van der Waals surface area contributed by atoms with Crippen molar-refractivity contribution in [3.05, 3.63) is 29.8 Å². The lowest BCUT2D eigenvalue weighted by atomic mass is 10.1. The molecule has 1 heterocycles. The zero-order chi connectivity index (χ0) is 17.7. The number of amides is 1. The van der Waals surface area contributed by atoms with Crippen LogP contribution in [-0.2, 0) is 10.0 Å². The van der Waals surface area contributed by atoms with E-state index in [4.69, 9.17) is 0 Å². The molecule has 0 saturated carbocycles. The van der Waals surface area contributed by atoms with Crippen LogP contribution >= 0.6 is 0 Å². The minimum absolute atomic E-state index is 0.142. The fraction of sp³-hybridized carbons (Fsp3) is 0.611. The SMILES string of the molecule is CC(C)CN(C)C(=O)c1cccc(S(=O)(=O)N2CCCCCC2)c1. The minimum Gasteiger partial charge on any atom is -0.341 e. The number of benzene rings is 1. The lowest BCUT2D eigenvalue weighted by molar-refractivity contribution is 0.0779. The van der Waals surface area contributed by atoms with Crippen LogP contribution in [0.3, 0.4) is 0 Å². The fourth-order valence-electron chi connectivity index (χ4n) is 3.07. The number of hydrogen-bond donors (Lipinski definition) is 0. The minimum atomic E-state index is -3.53. The molecule has 134 valence electrons. The van der Waals surface area contributed by atoms with Crippen molar-refractivity contribution >= 4 is 15.9 Å². The van der Waals surface area contributed by atoms with E-state index >= 15 is 0 Å². The second-order valence-corrected chi connectivity index (χ2v) is 8.86. The summed E-state index contributed by atoms with van der Waals surface area (Å²) in [6.45, 7) is 5.86. The second kappa shape index (κ2) is 8.12. The molecule has 1 aliphatic heterocycles. The van der Waals surface area contributed by atoms with Crippen molar-refractivity contribution in [3.63, 3.8) is 0 Å². The summed E-state index contributed by atoms with van der Waals surface area (Å²) in [5.41, 5.74) is 0.425. The summed E-state index contributed by atoms with van der Waals surface area (Å²) >= 11 is 0. The maximum atomic E-state index is 12.9. The van der Waals surface area contributed by atoms with Crippen LogP contribution in [-0.4, -0.2) is 50.2 Å². The summed E-state index contributed by atoms with van der Waals surface area (Å²) in [6, 6.07) is 6.43. The molecule has 0 aromatic heterocycles. The molecular weight excluding hydrogens is 324 g/mol. The maximum absolute atomic E-state index is 12.9. The third kappa shape index (κ3) is 4.57. The highest BCUT2D eigenvalue weighted by atomic mass is 32.2. The molecule has 1 fully saturated rings. The van der Waals surface area contributed by atoms with Crippen molar-refractivity contribution in [2.24, 2.45) is 5.92 Å². The number of sulfonamides is 1. The number of carbonyl (C=O) groups excluding carboxylic acids is 1. The molecule has 0 atom stereocenters. The molecule has 1 saturated heterocycles. The summed E-state index contributed by atoms with van der Waals surface area (Å²) in [6.07, 6.45) is 3.94. The van der Waals surface area contributed by atoms with Gasteiger partial charge in [0.25, 0.3) is 5.91 Å². The number of rotatable bonds is 5. The van der Waals surface area contributed by atoms with Gasteiger partial charge in [0.05, 0.1) is 4.90 Å². The Morgan fingerprint density at radius 1 is 1.17 bits per heavy atom. The topological polar surface area (TPSA) is 57.7 Å². The van der Waals surface area contributed by atoms with E-state index in [0.29, 0.717) is 31.1 Å². The first-order valence-corrected chi connectivity index (χ1v) is 10.1. The molecule has 24 heavy (non-hydrogen) atoms. The monoisotopic (exact) mass is 352 g/mol. The van der Waals surface area contributed by atoms with Crippen LogP contribution in [0.25, 0.3) is 0 Å². The Morgan fingerprint density at radius 2 is 1.79 bits per heavy atom. The van der Waals surface area contributed by atoms with E-state index < -0.39 is 10.0 Å². The van der Waals surface area contributed by atoms with Gasteiger partial charge in [-0.05, 0) is 37.0 Å². The van der Waals surface area contributed by atoms with Gasteiger partial charge in [-0.1, -0.05) is 32.8 Å². The lowest BCUT2D eigenvalue weighted by Gasteiger charge is -2.22. The van der Waals surface area contributed by atoms with Crippen molar-refractivity contribution < 1.29 is 13.2 Å². The molecule has 1 aromatic rings. The van der Waals surface area contributed by atoms with Crippen molar-refractivity contribution in [3.8, 4) is 0 Å². The van der Waals surface area contributed by atoms with E-state index in [-0.39, 0.29) is 10.8 Å². The van der Waals surface area contributed by atoms with Gasteiger partial charge in [0, 0.05) is 32.2 Å². The number of nitrogens with zero attached hydrogens (tertiary/aromatic N) is 2. The molecular formula is C18H28N2O3S. The number of carbonyl (C=O) groups is 1. The van der Waals surface area contributed by atoms with Gasteiger partial charge in [-0.15, -0.1) is 0 Å². The molecule has 1 aromatic carbocycles. The zero-order valence-corrected chi connectivity index (χ0v) is 15.7. The van der Waals surface area contributed by atoms with E-state index in [9.17, 15) is 13.2 Å². The van der Waals surface area contributed by atoms with Gasteiger partial charge in [-0.25, -0.2) is 8.42 Å². The Balaban J connectivity index is 2.24. The third-order valence-corrected chi connectivity index (χ3v) is 6.16. The summed E-state index contributed by atoms with van der Waals surface area (Å²) < 4.78 is 27.3. The molecule has 0 radical (unpaired) electrons. The first kappa shape index (κ1) is 18.9. The quantitative estimate of drug-likeness (QED) is 0.818. The third-order valence-electron chi connectivity index (χ3n) is 4.27. The smallest absolute Gasteiger partial charge is 0.253 e. The van der Waals surface area contributed by atoms with Crippen molar-refractivity contribution in [2.45, 2.75) is 44.4 Å². The molecule has 6 heteroatoms. The Bertz CT molecular complexity index is 663. The van der Waals surface area contributed by atoms with Gasteiger partial charge in [0.15, 0.2) is 0 Å². The molecule has 2 rings (SSSR count). The van der Waals surface area contributed by atoms with Crippen LogP contribution in [0.2, 0.25) is 0 Å².